The summed E-state index contributed by atoms with van der Waals surface area (Å²) in [7, 11) is 0. The van der Waals surface area contributed by atoms with E-state index < -0.39 is 5.91 Å². The van der Waals surface area contributed by atoms with Gasteiger partial charge in [0.05, 0.1) is 6.42 Å². The zero-order valence-corrected chi connectivity index (χ0v) is 6.95. The van der Waals surface area contributed by atoms with Crippen LogP contribution in [0.1, 0.15) is 12.0 Å². The van der Waals surface area contributed by atoms with Crippen LogP contribution >= 0.6 is 0 Å². The number of carbonyl (C=O) groups is 1. The Hall–Kier alpha value is -1.95. The first-order valence-corrected chi connectivity index (χ1v) is 3.74. The van der Waals surface area contributed by atoms with Crippen molar-refractivity contribution in [2.24, 2.45) is 5.73 Å². The molecule has 0 unspecified atom stereocenters. The second-order valence-electron chi connectivity index (χ2n) is 2.49. The topological polar surface area (TPSA) is 63.3 Å². The maximum Gasteiger partial charge on any atom is 0.229 e. The summed E-state index contributed by atoms with van der Waals surface area (Å²) in [5.74, 6) is 5.11. The summed E-state index contributed by atoms with van der Waals surface area (Å²) >= 11 is 0. The number of nitrogens with two attached hydrogens (primary N) is 1. The monoisotopic (exact) mass is 175 g/mol. The first-order chi connectivity index (χ1) is 6.18. The molecule has 3 N–H and O–H groups in total. The molecule has 0 spiro atoms. The fourth-order valence-electron chi connectivity index (χ4n) is 0.778. The number of hydrogen-bond acceptors (Lipinski definition) is 2. The third kappa shape index (κ3) is 3.30. The minimum Gasteiger partial charge on any atom is -0.508 e. The van der Waals surface area contributed by atoms with Gasteiger partial charge in [-0.1, -0.05) is 11.8 Å². The van der Waals surface area contributed by atoms with E-state index >= 15 is 0 Å². The predicted molar refractivity (Wildman–Crippen MR) is 48.8 cm³/mol. The third-order valence-corrected chi connectivity index (χ3v) is 1.36. The summed E-state index contributed by atoms with van der Waals surface area (Å²) in [4.78, 5) is 10.3. The van der Waals surface area contributed by atoms with Crippen LogP contribution in [0.4, 0.5) is 0 Å². The van der Waals surface area contributed by atoms with Crippen LogP contribution in [0.5, 0.6) is 5.75 Å². The molecule has 0 aromatic heterocycles. The molecule has 1 rings (SSSR count). The third-order valence-electron chi connectivity index (χ3n) is 1.36. The van der Waals surface area contributed by atoms with Gasteiger partial charge in [0.1, 0.15) is 5.75 Å². The molecule has 0 heterocycles. The summed E-state index contributed by atoms with van der Waals surface area (Å²) < 4.78 is 0. The van der Waals surface area contributed by atoms with Crippen molar-refractivity contribution in [1.29, 1.82) is 0 Å². The molecule has 0 radical (unpaired) electrons. The van der Waals surface area contributed by atoms with Crippen molar-refractivity contribution in [2.45, 2.75) is 6.42 Å². The first kappa shape index (κ1) is 9.14. The lowest BCUT2D eigenvalue weighted by Crippen LogP contribution is -2.08. The molecular formula is C10H9NO2. The molecular weight excluding hydrogens is 166 g/mol. The van der Waals surface area contributed by atoms with Gasteiger partial charge in [0.15, 0.2) is 0 Å². The zero-order chi connectivity index (χ0) is 9.68. The zero-order valence-electron chi connectivity index (χ0n) is 6.95. The Morgan fingerprint density at radius 3 is 2.54 bits per heavy atom. The average Bonchev–Trinajstić information content (AvgIpc) is 2.08. The first-order valence-electron chi connectivity index (χ1n) is 3.74. The lowest BCUT2D eigenvalue weighted by molar-refractivity contribution is -0.117. The van der Waals surface area contributed by atoms with Gasteiger partial charge in [-0.15, -0.1) is 0 Å². The van der Waals surface area contributed by atoms with Gasteiger partial charge in [-0.05, 0) is 24.3 Å². The van der Waals surface area contributed by atoms with Gasteiger partial charge in [-0.2, -0.15) is 0 Å². The number of rotatable bonds is 1. The number of carbonyl (C=O) groups excluding carboxylic acids is 1. The molecule has 3 heteroatoms. The second kappa shape index (κ2) is 4.17. The minimum absolute atomic E-state index is 0.0564. The maximum atomic E-state index is 10.3. The van der Waals surface area contributed by atoms with Crippen LogP contribution in [0.3, 0.4) is 0 Å². The van der Waals surface area contributed by atoms with E-state index in [1.807, 2.05) is 0 Å². The van der Waals surface area contributed by atoms with E-state index in [0.717, 1.165) is 5.56 Å². The Bertz CT molecular complexity index is 357. The normalized spacial score (nSPS) is 8.62. The molecule has 1 amide bonds. The fraction of sp³-hybridized carbons (Fsp3) is 0.100. The fourth-order valence-corrected chi connectivity index (χ4v) is 0.778. The molecule has 13 heavy (non-hydrogen) atoms. The Labute approximate surface area is 76.2 Å². The molecule has 1 aromatic carbocycles. The van der Waals surface area contributed by atoms with Gasteiger partial charge < -0.3 is 10.8 Å². The largest absolute Gasteiger partial charge is 0.508 e. The van der Waals surface area contributed by atoms with Gasteiger partial charge >= 0.3 is 0 Å². The lowest BCUT2D eigenvalue weighted by atomic mass is 10.2. The van der Waals surface area contributed by atoms with Gasteiger partial charge in [0.2, 0.25) is 5.91 Å². The summed E-state index contributed by atoms with van der Waals surface area (Å²) in [6, 6.07) is 6.41. The molecule has 0 fully saturated rings. The highest BCUT2D eigenvalue weighted by Crippen LogP contribution is 2.08. The quantitative estimate of drug-likeness (QED) is 0.614. The van der Waals surface area contributed by atoms with Crippen molar-refractivity contribution in [2.75, 3.05) is 0 Å². The molecule has 66 valence electrons. The van der Waals surface area contributed by atoms with Crippen LogP contribution in [0.15, 0.2) is 24.3 Å². The highest BCUT2D eigenvalue weighted by Gasteiger charge is 1.88. The van der Waals surface area contributed by atoms with Crippen LogP contribution < -0.4 is 5.73 Å². The van der Waals surface area contributed by atoms with Gasteiger partial charge in [0, 0.05) is 5.56 Å². The average molecular weight is 175 g/mol. The second-order valence-corrected chi connectivity index (χ2v) is 2.49. The molecule has 3 nitrogen and oxygen atoms in total. The molecule has 0 aliphatic rings. The van der Waals surface area contributed by atoms with Crippen molar-refractivity contribution < 1.29 is 9.90 Å². The summed E-state index contributed by atoms with van der Waals surface area (Å²) in [6.07, 6.45) is 0.0564. The van der Waals surface area contributed by atoms with Crippen molar-refractivity contribution in [3.8, 4) is 17.6 Å². The number of phenolic OH excluding ortho intramolecular Hbond substituents is 1. The highest BCUT2D eigenvalue weighted by atomic mass is 16.3. The number of phenols is 1. The minimum atomic E-state index is -0.439. The van der Waals surface area contributed by atoms with Crippen molar-refractivity contribution in [1.82, 2.24) is 0 Å². The van der Waals surface area contributed by atoms with E-state index in [1.54, 1.807) is 12.1 Å². The number of aromatic hydroxyl groups is 1. The SMILES string of the molecule is NC(=O)CC#Cc1ccc(O)cc1. The summed E-state index contributed by atoms with van der Waals surface area (Å²) in [5, 5.41) is 8.95. The van der Waals surface area contributed by atoms with Crippen molar-refractivity contribution >= 4 is 5.91 Å². The van der Waals surface area contributed by atoms with Gasteiger partial charge in [-0.25, -0.2) is 0 Å². The molecule has 1 aromatic rings. The smallest absolute Gasteiger partial charge is 0.229 e. The van der Waals surface area contributed by atoms with Crippen LogP contribution in [-0.4, -0.2) is 11.0 Å². The highest BCUT2D eigenvalue weighted by molar-refractivity contribution is 5.76. The van der Waals surface area contributed by atoms with Crippen LogP contribution in [0.2, 0.25) is 0 Å². The Morgan fingerprint density at radius 1 is 1.38 bits per heavy atom. The molecule has 0 bridgehead atoms. The van der Waals surface area contributed by atoms with Crippen molar-refractivity contribution in [3.63, 3.8) is 0 Å². The van der Waals surface area contributed by atoms with Crippen LogP contribution in [0.25, 0.3) is 0 Å². The van der Waals surface area contributed by atoms with E-state index in [9.17, 15) is 4.79 Å². The Morgan fingerprint density at radius 2 is 2.00 bits per heavy atom. The number of amides is 1. The predicted octanol–water partition coefficient (Wildman–Crippen LogP) is 0.619. The summed E-state index contributed by atoms with van der Waals surface area (Å²) in [5.41, 5.74) is 5.65. The summed E-state index contributed by atoms with van der Waals surface area (Å²) in [6.45, 7) is 0. The van der Waals surface area contributed by atoms with E-state index in [0.29, 0.717) is 0 Å². The van der Waals surface area contributed by atoms with E-state index in [4.69, 9.17) is 10.8 Å². The molecule has 0 saturated carbocycles. The van der Waals surface area contributed by atoms with Gasteiger partial charge in [0.25, 0.3) is 0 Å². The Kier molecular flexibility index (Phi) is 2.93. The molecule has 0 saturated heterocycles. The van der Waals surface area contributed by atoms with Crippen molar-refractivity contribution in [3.05, 3.63) is 29.8 Å². The van der Waals surface area contributed by atoms with Gasteiger partial charge in [-0.3, -0.25) is 4.79 Å². The number of hydrogen-bond donors (Lipinski definition) is 2. The molecule has 0 aliphatic heterocycles. The molecule has 0 atom stereocenters. The van der Waals surface area contributed by atoms with E-state index in [-0.39, 0.29) is 12.2 Å². The lowest BCUT2D eigenvalue weighted by Gasteiger charge is -1.90. The standard InChI is InChI=1S/C10H9NO2/c11-10(13)3-1-2-8-4-6-9(12)7-5-8/h4-7,12H,3H2,(H2,11,13). The van der Waals surface area contributed by atoms with Crippen LogP contribution in [0, 0.1) is 11.8 Å². The Balaban J connectivity index is 2.67. The van der Waals surface area contributed by atoms with Crippen LogP contribution in [-0.2, 0) is 4.79 Å². The van der Waals surface area contributed by atoms with E-state index in [1.165, 1.54) is 12.1 Å². The molecule has 0 aliphatic carbocycles. The maximum absolute atomic E-state index is 10.3. The number of primary amides is 1. The van der Waals surface area contributed by atoms with E-state index in [2.05, 4.69) is 11.8 Å². The number of benzene rings is 1.